The number of sulfone groups is 1. The van der Waals surface area contributed by atoms with Gasteiger partial charge in [0.25, 0.3) is 5.56 Å². The minimum absolute atomic E-state index is 0.0440. The van der Waals surface area contributed by atoms with Crippen molar-refractivity contribution in [1.82, 2.24) is 9.55 Å². The fraction of sp³-hybridized carbons (Fsp3) is 0.0909. The molecular weight excluding hydrogens is 468 g/mol. The standard InChI is InChI=1S/C22H17BrN2O4S/c1-29-17-9-10-19(23)15(12-17)14-30(27,28)20-13-21(26)25(16-6-3-2-4-7-16)22-18(20)8-5-11-24-22/h2-13H,14H2,1H3. The van der Waals surface area contributed by atoms with Gasteiger partial charge in [-0.1, -0.05) is 34.1 Å². The van der Waals surface area contributed by atoms with E-state index in [2.05, 4.69) is 20.9 Å². The van der Waals surface area contributed by atoms with Gasteiger partial charge in [-0.15, -0.1) is 0 Å². The minimum Gasteiger partial charge on any atom is -0.497 e. The van der Waals surface area contributed by atoms with Crippen LogP contribution >= 0.6 is 15.9 Å². The van der Waals surface area contributed by atoms with Crippen LogP contribution in [0.15, 0.2) is 87.1 Å². The van der Waals surface area contributed by atoms with Crippen LogP contribution in [0.3, 0.4) is 0 Å². The molecule has 0 bridgehead atoms. The monoisotopic (exact) mass is 484 g/mol. The second-order valence-corrected chi connectivity index (χ2v) is 9.42. The van der Waals surface area contributed by atoms with E-state index in [0.717, 1.165) is 0 Å². The molecule has 4 aromatic rings. The predicted octanol–water partition coefficient (Wildman–Crippen LogP) is 4.13. The largest absolute Gasteiger partial charge is 0.497 e. The van der Waals surface area contributed by atoms with Gasteiger partial charge in [-0.25, -0.2) is 13.4 Å². The first kappa shape index (κ1) is 20.3. The van der Waals surface area contributed by atoms with Gasteiger partial charge in [0, 0.05) is 22.1 Å². The summed E-state index contributed by atoms with van der Waals surface area (Å²) in [5.74, 6) is 0.262. The number of fused-ring (bicyclic) bond motifs is 1. The van der Waals surface area contributed by atoms with Crippen LogP contribution in [-0.2, 0) is 15.6 Å². The van der Waals surface area contributed by atoms with Crippen LogP contribution in [0.2, 0.25) is 0 Å². The maximum absolute atomic E-state index is 13.3. The Kier molecular flexibility index (Phi) is 5.44. The molecule has 0 spiro atoms. The van der Waals surface area contributed by atoms with Crippen LogP contribution < -0.4 is 10.3 Å². The lowest BCUT2D eigenvalue weighted by molar-refractivity contribution is 0.414. The number of pyridine rings is 2. The van der Waals surface area contributed by atoms with Crippen molar-refractivity contribution >= 4 is 36.8 Å². The van der Waals surface area contributed by atoms with Gasteiger partial charge < -0.3 is 4.74 Å². The number of hydrogen-bond donors (Lipinski definition) is 0. The Labute approximate surface area is 181 Å². The number of aromatic nitrogens is 2. The van der Waals surface area contributed by atoms with Gasteiger partial charge in [0.2, 0.25) is 0 Å². The zero-order chi connectivity index (χ0) is 21.3. The van der Waals surface area contributed by atoms with E-state index in [4.69, 9.17) is 4.74 Å². The molecule has 2 aromatic carbocycles. The number of methoxy groups -OCH3 is 1. The summed E-state index contributed by atoms with van der Waals surface area (Å²) in [5, 5.41) is 0.389. The molecule has 0 aliphatic rings. The van der Waals surface area contributed by atoms with E-state index in [1.54, 1.807) is 42.5 Å². The van der Waals surface area contributed by atoms with E-state index < -0.39 is 15.4 Å². The first-order valence-corrected chi connectivity index (χ1v) is 11.5. The summed E-state index contributed by atoms with van der Waals surface area (Å²) < 4.78 is 33.9. The Bertz CT molecular complexity index is 1400. The van der Waals surface area contributed by atoms with Gasteiger partial charge in [0.15, 0.2) is 9.84 Å². The molecule has 0 N–H and O–H groups in total. The average molecular weight is 485 g/mol. The number of ether oxygens (including phenoxy) is 1. The SMILES string of the molecule is COc1ccc(Br)c(CS(=O)(=O)c2cc(=O)n(-c3ccccc3)c3ncccc23)c1. The molecular formula is C22H17BrN2O4S. The van der Waals surface area contributed by atoms with Crippen molar-refractivity contribution in [2.45, 2.75) is 10.6 Å². The summed E-state index contributed by atoms with van der Waals surface area (Å²) in [4.78, 5) is 17.2. The van der Waals surface area contributed by atoms with E-state index in [1.807, 2.05) is 18.2 Å². The highest BCUT2D eigenvalue weighted by Gasteiger charge is 2.23. The molecule has 0 radical (unpaired) electrons. The third-order valence-electron chi connectivity index (χ3n) is 4.69. The molecule has 8 heteroatoms. The van der Waals surface area contributed by atoms with Crippen molar-refractivity contribution in [3.05, 3.63) is 93.3 Å². The zero-order valence-corrected chi connectivity index (χ0v) is 18.4. The molecule has 0 unspecified atom stereocenters. The lowest BCUT2D eigenvalue weighted by Gasteiger charge is -2.14. The summed E-state index contributed by atoms with van der Waals surface area (Å²) in [7, 11) is -2.33. The first-order chi connectivity index (χ1) is 14.4. The van der Waals surface area contributed by atoms with Crippen LogP contribution in [0.4, 0.5) is 0 Å². The summed E-state index contributed by atoms with van der Waals surface area (Å²) in [6.45, 7) is 0. The number of hydrogen-bond acceptors (Lipinski definition) is 5. The summed E-state index contributed by atoms with van der Waals surface area (Å²) in [6.07, 6.45) is 1.54. The quantitative estimate of drug-likeness (QED) is 0.425. The van der Waals surface area contributed by atoms with E-state index in [0.29, 0.717) is 32.5 Å². The number of benzene rings is 2. The highest BCUT2D eigenvalue weighted by molar-refractivity contribution is 9.10. The van der Waals surface area contributed by atoms with Crippen molar-refractivity contribution in [1.29, 1.82) is 0 Å². The number of nitrogens with zero attached hydrogens (tertiary/aromatic N) is 2. The second kappa shape index (κ2) is 8.04. The molecule has 0 atom stereocenters. The average Bonchev–Trinajstić information content (AvgIpc) is 2.75. The Morgan fingerprint density at radius 3 is 2.53 bits per heavy atom. The molecule has 152 valence electrons. The zero-order valence-electron chi connectivity index (χ0n) is 15.9. The van der Waals surface area contributed by atoms with Gasteiger partial charge in [0.1, 0.15) is 11.4 Å². The molecule has 0 amide bonds. The van der Waals surface area contributed by atoms with E-state index in [1.165, 1.54) is 23.9 Å². The Morgan fingerprint density at radius 2 is 1.80 bits per heavy atom. The molecule has 0 saturated heterocycles. The normalized spacial score (nSPS) is 11.5. The van der Waals surface area contributed by atoms with E-state index in [-0.39, 0.29) is 10.6 Å². The highest BCUT2D eigenvalue weighted by atomic mass is 79.9. The van der Waals surface area contributed by atoms with Crippen molar-refractivity contribution in [2.24, 2.45) is 0 Å². The lowest BCUT2D eigenvalue weighted by atomic mass is 10.2. The van der Waals surface area contributed by atoms with Crippen LogP contribution in [0.25, 0.3) is 16.7 Å². The lowest BCUT2D eigenvalue weighted by Crippen LogP contribution is -2.21. The van der Waals surface area contributed by atoms with Crippen LogP contribution in [-0.4, -0.2) is 25.1 Å². The van der Waals surface area contributed by atoms with Crippen molar-refractivity contribution in [3.63, 3.8) is 0 Å². The molecule has 0 fully saturated rings. The topological polar surface area (TPSA) is 78.3 Å². The number of para-hydroxylation sites is 1. The van der Waals surface area contributed by atoms with Gasteiger partial charge in [-0.3, -0.25) is 9.36 Å². The second-order valence-electron chi connectivity index (χ2n) is 6.61. The molecule has 0 aliphatic carbocycles. The molecule has 0 saturated carbocycles. The highest BCUT2D eigenvalue weighted by Crippen LogP contribution is 2.29. The first-order valence-electron chi connectivity index (χ1n) is 9.02. The third-order valence-corrected chi connectivity index (χ3v) is 7.16. The molecule has 4 rings (SSSR count). The Morgan fingerprint density at radius 1 is 1.03 bits per heavy atom. The molecule has 2 aromatic heterocycles. The fourth-order valence-electron chi connectivity index (χ4n) is 3.28. The fourth-order valence-corrected chi connectivity index (χ4v) is 5.43. The third kappa shape index (κ3) is 3.76. The van der Waals surface area contributed by atoms with Crippen molar-refractivity contribution in [3.8, 4) is 11.4 Å². The van der Waals surface area contributed by atoms with E-state index in [9.17, 15) is 13.2 Å². The molecule has 6 nitrogen and oxygen atoms in total. The minimum atomic E-state index is -3.85. The van der Waals surface area contributed by atoms with Crippen molar-refractivity contribution in [2.75, 3.05) is 7.11 Å². The summed E-state index contributed by atoms with van der Waals surface area (Å²) in [5.41, 5.74) is 0.986. The van der Waals surface area contributed by atoms with Gasteiger partial charge >= 0.3 is 0 Å². The van der Waals surface area contributed by atoms with E-state index >= 15 is 0 Å². The smallest absolute Gasteiger partial charge is 0.258 e. The van der Waals surface area contributed by atoms with Crippen LogP contribution in [0.5, 0.6) is 5.75 Å². The maximum Gasteiger partial charge on any atom is 0.258 e. The predicted molar refractivity (Wildman–Crippen MR) is 119 cm³/mol. The van der Waals surface area contributed by atoms with Crippen LogP contribution in [0.1, 0.15) is 5.56 Å². The van der Waals surface area contributed by atoms with Gasteiger partial charge in [-0.05, 0) is 48.0 Å². The van der Waals surface area contributed by atoms with Gasteiger partial charge in [-0.2, -0.15) is 0 Å². The van der Waals surface area contributed by atoms with Gasteiger partial charge in [0.05, 0.1) is 23.4 Å². The molecule has 2 heterocycles. The molecule has 0 aliphatic heterocycles. The molecule has 30 heavy (non-hydrogen) atoms. The maximum atomic E-state index is 13.3. The van der Waals surface area contributed by atoms with Crippen molar-refractivity contribution < 1.29 is 13.2 Å². The summed E-state index contributed by atoms with van der Waals surface area (Å²) in [6, 6.07) is 18.6. The Balaban J connectivity index is 1.91. The number of rotatable bonds is 5. The Hall–Kier alpha value is -2.97. The van der Waals surface area contributed by atoms with Crippen LogP contribution in [0, 0.1) is 0 Å². The number of halogens is 1. The summed E-state index contributed by atoms with van der Waals surface area (Å²) >= 11 is 3.39.